The lowest BCUT2D eigenvalue weighted by atomic mass is 10.0. The molecule has 0 spiro atoms. The van der Waals surface area contributed by atoms with Crippen LogP contribution in [0.5, 0.6) is 0 Å². The summed E-state index contributed by atoms with van der Waals surface area (Å²) in [5.41, 5.74) is 5.55. The Bertz CT molecular complexity index is 129. The molecule has 9 heavy (non-hydrogen) atoms. The van der Waals surface area contributed by atoms with Crippen molar-refractivity contribution in [1.82, 2.24) is 0 Å². The zero-order chi connectivity index (χ0) is 6.91. The lowest BCUT2D eigenvalue weighted by Gasteiger charge is -2.20. The van der Waals surface area contributed by atoms with E-state index in [0.29, 0.717) is 0 Å². The van der Waals surface area contributed by atoms with Crippen LogP contribution in [0.2, 0.25) is 0 Å². The maximum atomic E-state index is 9.02. The minimum atomic E-state index is -0.420. The molecule has 1 aliphatic rings. The second kappa shape index (κ2) is 2.37. The summed E-state index contributed by atoms with van der Waals surface area (Å²) in [5, 5.41) is 9.02. The van der Waals surface area contributed by atoms with Gasteiger partial charge < -0.3 is 10.8 Å². The van der Waals surface area contributed by atoms with E-state index in [-0.39, 0.29) is 5.48 Å². The van der Waals surface area contributed by atoms with Crippen molar-refractivity contribution in [2.75, 3.05) is 0 Å². The molecule has 0 radical (unpaired) electrons. The zero-order valence-electron chi connectivity index (χ0n) is 5.35. The number of aliphatic hydroxyl groups is 1. The van der Waals surface area contributed by atoms with E-state index >= 15 is 0 Å². The monoisotopic (exact) mass is 145 g/mol. The van der Waals surface area contributed by atoms with Crippen LogP contribution in [0.1, 0.15) is 25.7 Å². The maximum Gasteiger partial charge on any atom is 0.0875 e. The van der Waals surface area contributed by atoms with E-state index in [1.54, 1.807) is 0 Å². The lowest BCUT2D eigenvalue weighted by Crippen LogP contribution is -2.43. The van der Waals surface area contributed by atoms with Gasteiger partial charge in [-0.05, 0) is 12.8 Å². The summed E-state index contributed by atoms with van der Waals surface area (Å²) < 4.78 is 0. The Morgan fingerprint density at radius 3 is 2.11 bits per heavy atom. The quantitative estimate of drug-likeness (QED) is 0.538. The van der Waals surface area contributed by atoms with Crippen LogP contribution >= 0.6 is 8.86 Å². The largest absolute Gasteiger partial charge is 0.359 e. The fraction of sp³-hybridized carbons (Fsp3) is 0.833. The topological polar surface area (TPSA) is 46.2 Å². The molecule has 0 aliphatic heterocycles. The molecule has 2 nitrogen and oxygen atoms in total. The van der Waals surface area contributed by atoms with E-state index in [2.05, 4.69) is 8.86 Å². The molecule has 0 bridgehead atoms. The van der Waals surface area contributed by atoms with E-state index < -0.39 is 5.54 Å². The molecule has 0 saturated heterocycles. The first-order chi connectivity index (χ1) is 4.15. The molecule has 1 saturated carbocycles. The third kappa shape index (κ3) is 1.32. The molecule has 52 valence electrons. The van der Waals surface area contributed by atoms with Crippen molar-refractivity contribution < 1.29 is 5.11 Å². The minimum absolute atomic E-state index is 0.208. The highest BCUT2D eigenvalue weighted by atomic mass is 31.0. The predicted octanol–water partition coefficient (Wildman–Crippen LogP) is 0.903. The van der Waals surface area contributed by atoms with Crippen molar-refractivity contribution in [3.8, 4) is 0 Å². The van der Waals surface area contributed by atoms with Gasteiger partial charge in [0.1, 0.15) is 0 Å². The third-order valence-corrected chi connectivity index (χ3v) is 2.47. The molecule has 0 atom stereocenters. The molecule has 0 unspecified atom stereocenters. The van der Waals surface area contributed by atoms with E-state index in [9.17, 15) is 0 Å². The number of hydrogen-bond donors (Lipinski definition) is 2. The van der Waals surface area contributed by atoms with Gasteiger partial charge in [0.15, 0.2) is 0 Å². The van der Waals surface area contributed by atoms with Crippen molar-refractivity contribution in [2.24, 2.45) is 5.73 Å². The number of aliphatic hydroxyl groups excluding tert-OH is 1. The van der Waals surface area contributed by atoms with Crippen molar-refractivity contribution in [3.05, 3.63) is 0 Å². The van der Waals surface area contributed by atoms with Crippen LogP contribution in [0.4, 0.5) is 0 Å². The Labute approximate surface area is 57.3 Å². The number of hydrogen-bond acceptors (Lipinski definition) is 1. The average molecular weight is 145 g/mol. The minimum Gasteiger partial charge on any atom is -0.359 e. The van der Waals surface area contributed by atoms with Gasteiger partial charge in [0.05, 0.1) is 11.0 Å². The molecule has 0 aromatic rings. The Kier molecular flexibility index (Phi) is 1.90. The van der Waals surface area contributed by atoms with Crippen molar-refractivity contribution in [1.29, 1.82) is 0 Å². The van der Waals surface area contributed by atoms with E-state index in [4.69, 9.17) is 10.8 Å². The SMILES string of the molecule is NC1(C(O)=P)CCCC1. The van der Waals surface area contributed by atoms with Gasteiger partial charge in [0.2, 0.25) is 0 Å². The Morgan fingerprint density at radius 2 is 1.89 bits per heavy atom. The third-order valence-electron chi connectivity index (χ3n) is 1.97. The summed E-state index contributed by atoms with van der Waals surface area (Å²) in [5.74, 6) is 0. The highest BCUT2D eigenvalue weighted by Gasteiger charge is 2.31. The van der Waals surface area contributed by atoms with Gasteiger partial charge in [-0.25, -0.2) is 0 Å². The first kappa shape index (κ1) is 7.20. The molecule has 1 rings (SSSR count). The van der Waals surface area contributed by atoms with Gasteiger partial charge in [-0.15, -0.1) is 0 Å². The van der Waals surface area contributed by atoms with Gasteiger partial charge in [0, 0.05) is 0 Å². The highest BCUT2D eigenvalue weighted by Crippen LogP contribution is 2.27. The molecule has 0 heterocycles. The van der Waals surface area contributed by atoms with Gasteiger partial charge in [-0.2, -0.15) is 0 Å². The van der Waals surface area contributed by atoms with Crippen molar-refractivity contribution >= 4 is 14.3 Å². The van der Waals surface area contributed by atoms with Crippen molar-refractivity contribution in [2.45, 2.75) is 31.2 Å². The smallest absolute Gasteiger partial charge is 0.0875 e. The van der Waals surface area contributed by atoms with Crippen LogP contribution in [0.3, 0.4) is 0 Å². The van der Waals surface area contributed by atoms with Gasteiger partial charge in [-0.1, -0.05) is 21.7 Å². The summed E-state index contributed by atoms with van der Waals surface area (Å²) in [7, 11) is 3.05. The van der Waals surface area contributed by atoms with Crippen LogP contribution < -0.4 is 5.73 Å². The van der Waals surface area contributed by atoms with Crippen LogP contribution in [-0.4, -0.2) is 16.1 Å². The van der Waals surface area contributed by atoms with Crippen LogP contribution in [0.15, 0.2) is 0 Å². The van der Waals surface area contributed by atoms with Crippen LogP contribution in [0, 0.1) is 0 Å². The van der Waals surface area contributed by atoms with E-state index in [1.165, 1.54) is 0 Å². The molecule has 1 aliphatic carbocycles. The number of nitrogens with two attached hydrogens (primary N) is 1. The maximum absolute atomic E-state index is 9.02. The van der Waals surface area contributed by atoms with Gasteiger partial charge >= 0.3 is 0 Å². The zero-order valence-corrected chi connectivity index (χ0v) is 6.35. The Hall–Kier alpha value is 0.0900. The lowest BCUT2D eigenvalue weighted by molar-refractivity contribution is 0.454. The molecule has 0 amide bonds. The normalized spacial score (nSPS) is 24.2. The molecule has 3 N–H and O–H groups in total. The van der Waals surface area contributed by atoms with E-state index in [0.717, 1.165) is 25.7 Å². The summed E-state index contributed by atoms with van der Waals surface area (Å²) >= 11 is 0. The molecule has 3 heteroatoms. The van der Waals surface area contributed by atoms with Gasteiger partial charge in [0.25, 0.3) is 0 Å². The first-order valence-corrected chi connectivity index (χ1v) is 3.72. The Morgan fingerprint density at radius 1 is 1.44 bits per heavy atom. The van der Waals surface area contributed by atoms with Crippen LogP contribution in [-0.2, 0) is 0 Å². The second-order valence-electron chi connectivity index (χ2n) is 2.71. The highest BCUT2D eigenvalue weighted by molar-refractivity contribution is 7.20. The van der Waals surface area contributed by atoms with E-state index in [1.807, 2.05) is 0 Å². The summed E-state index contributed by atoms with van der Waals surface area (Å²) in [6.45, 7) is 0. The summed E-state index contributed by atoms with van der Waals surface area (Å²) in [6.07, 6.45) is 4.07. The first-order valence-electron chi connectivity index (χ1n) is 3.22. The van der Waals surface area contributed by atoms with Crippen LogP contribution in [0.25, 0.3) is 0 Å². The number of rotatable bonds is 1. The molecular formula is C6H12NOP. The van der Waals surface area contributed by atoms with Crippen molar-refractivity contribution in [3.63, 3.8) is 0 Å². The predicted molar refractivity (Wildman–Crippen MR) is 40.6 cm³/mol. The molecule has 0 aromatic heterocycles. The standard InChI is InChI=1S/C6H12NOP/c7-6(5(8)9)3-1-2-4-6/h8-9H,1-4,7H2. The summed E-state index contributed by atoms with van der Waals surface area (Å²) in [4.78, 5) is 0. The molecule has 0 aromatic carbocycles. The van der Waals surface area contributed by atoms with Gasteiger partial charge in [-0.3, -0.25) is 0 Å². The average Bonchev–Trinajstić information content (AvgIpc) is 2.16. The second-order valence-corrected chi connectivity index (χ2v) is 3.19. The molecule has 1 fully saturated rings. The Balaban J connectivity index is 2.61. The fourth-order valence-electron chi connectivity index (χ4n) is 1.24. The molecular weight excluding hydrogens is 133 g/mol. The summed E-state index contributed by atoms with van der Waals surface area (Å²) in [6, 6.07) is 0. The fourth-order valence-corrected chi connectivity index (χ4v) is 1.49.